The lowest BCUT2D eigenvalue weighted by atomic mass is 10.2. The highest BCUT2D eigenvalue weighted by Gasteiger charge is 2.18. The summed E-state index contributed by atoms with van der Waals surface area (Å²) in [4.78, 5) is 28.7. The molecule has 8 nitrogen and oxygen atoms in total. The topological polar surface area (TPSA) is 107 Å². The molecular weight excluding hydrogens is 418 g/mol. The van der Waals surface area contributed by atoms with E-state index in [1.165, 1.54) is 19.2 Å². The van der Waals surface area contributed by atoms with Crippen LogP contribution >= 0.6 is 11.6 Å². The lowest BCUT2D eigenvalue weighted by Crippen LogP contribution is -2.21. The average molecular weight is 436 g/mol. The van der Waals surface area contributed by atoms with Crippen LogP contribution in [0.3, 0.4) is 0 Å². The number of esters is 1. The number of sulfone groups is 1. The van der Waals surface area contributed by atoms with Gasteiger partial charge in [0, 0.05) is 11.9 Å². The minimum Gasteiger partial charge on any atom is -0.465 e. The molecule has 1 heterocycles. The summed E-state index contributed by atoms with van der Waals surface area (Å²) < 4.78 is 29.7. The summed E-state index contributed by atoms with van der Waals surface area (Å²) in [6.45, 7) is -0.151. The third-order valence-corrected chi connectivity index (χ3v) is 5.19. The lowest BCUT2D eigenvalue weighted by molar-refractivity contribution is -0.116. The molecule has 29 heavy (non-hydrogen) atoms. The number of methoxy groups -OCH3 is 1. The molecule has 0 aliphatic carbocycles. The second-order valence-corrected chi connectivity index (χ2v) is 8.95. The number of fused-ring (bicyclic) bond motifs is 1. The molecule has 10 heteroatoms. The maximum Gasteiger partial charge on any atom is 0.339 e. The molecule has 0 unspecified atom stereocenters. The number of amides is 1. The number of aromatic nitrogens is 2. The fraction of sp³-hybridized carbons (Fsp3) is 0.211. The molecule has 0 radical (unpaired) electrons. The molecule has 3 aromatic rings. The van der Waals surface area contributed by atoms with Crippen LogP contribution in [0.5, 0.6) is 0 Å². The first-order valence-corrected chi connectivity index (χ1v) is 10.9. The van der Waals surface area contributed by atoms with E-state index in [2.05, 4.69) is 15.0 Å². The maximum absolute atomic E-state index is 12.6. The summed E-state index contributed by atoms with van der Waals surface area (Å²) in [5.41, 5.74) is 1.72. The van der Waals surface area contributed by atoms with Gasteiger partial charge in [-0.05, 0) is 30.3 Å². The Morgan fingerprint density at radius 3 is 2.62 bits per heavy atom. The molecule has 0 saturated heterocycles. The van der Waals surface area contributed by atoms with E-state index in [0.717, 1.165) is 6.26 Å². The lowest BCUT2D eigenvalue weighted by Gasteiger charge is -2.11. The standard InChI is InChI=1S/C19H18ClN3O5S/c1-28-19(25)13-9-12(7-8-14(13)20)21-18(24)10-23-16-6-4-3-5-15(16)22-17(23)11-29(2,26)27/h3-9H,10-11H2,1-2H3,(H,21,24). The number of imidazole rings is 1. The Bertz CT molecular complexity index is 1200. The molecular formula is C19H18ClN3O5S. The molecule has 0 saturated carbocycles. The van der Waals surface area contributed by atoms with Crippen LogP contribution in [-0.4, -0.2) is 43.2 Å². The van der Waals surface area contributed by atoms with Crippen molar-refractivity contribution in [3.63, 3.8) is 0 Å². The van der Waals surface area contributed by atoms with Gasteiger partial charge in [-0.1, -0.05) is 23.7 Å². The minimum absolute atomic E-state index is 0.123. The van der Waals surface area contributed by atoms with Crippen LogP contribution in [0.4, 0.5) is 5.69 Å². The molecule has 0 bridgehead atoms. The predicted octanol–water partition coefficient (Wildman–Crippen LogP) is 2.66. The number of nitrogens with one attached hydrogen (secondary N) is 1. The molecule has 0 atom stereocenters. The van der Waals surface area contributed by atoms with Gasteiger partial charge in [0.25, 0.3) is 0 Å². The first-order chi connectivity index (χ1) is 13.7. The number of nitrogens with zero attached hydrogens (tertiary/aromatic N) is 2. The van der Waals surface area contributed by atoms with Gasteiger partial charge < -0.3 is 14.6 Å². The number of carbonyl (C=O) groups excluding carboxylic acids is 2. The molecule has 1 aromatic heterocycles. The van der Waals surface area contributed by atoms with Crippen molar-refractivity contribution >= 4 is 50.0 Å². The second-order valence-electron chi connectivity index (χ2n) is 6.41. The number of ether oxygens (including phenoxy) is 1. The number of rotatable bonds is 6. The fourth-order valence-corrected chi connectivity index (χ4v) is 3.74. The van der Waals surface area contributed by atoms with E-state index >= 15 is 0 Å². The van der Waals surface area contributed by atoms with Crippen molar-refractivity contribution in [2.75, 3.05) is 18.7 Å². The molecule has 0 aliphatic rings. The van der Waals surface area contributed by atoms with Gasteiger partial charge in [0.15, 0.2) is 9.84 Å². The molecule has 0 aliphatic heterocycles. The number of para-hydroxylation sites is 2. The Morgan fingerprint density at radius 1 is 1.21 bits per heavy atom. The van der Waals surface area contributed by atoms with Crippen molar-refractivity contribution in [2.24, 2.45) is 0 Å². The maximum atomic E-state index is 12.6. The van der Waals surface area contributed by atoms with Crippen molar-refractivity contribution < 1.29 is 22.7 Å². The first-order valence-electron chi connectivity index (χ1n) is 8.47. The van der Waals surface area contributed by atoms with E-state index < -0.39 is 21.7 Å². The smallest absolute Gasteiger partial charge is 0.339 e. The molecule has 152 valence electrons. The average Bonchev–Trinajstić information content (AvgIpc) is 2.98. The highest BCUT2D eigenvalue weighted by atomic mass is 35.5. The van der Waals surface area contributed by atoms with Gasteiger partial charge in [0.05, 0.1) is 28.7 Å². The van der Waals surface area contributed by atoms with Gasteiger partial charge >= 0.3 is 5.97 Å². The summed E-state index contributed by atoms with van der Waals surface area (Å²) >= 11 is 5.99. The van der Waals surface area contributed by atoms with E-state index in [4.69, 9.17) is 11.6 Å². The van der Waals surface area contributed by atoms with Gasteiger partial charge in [0.1, 0.15) is 18.1 Å². The van der Waals surface area contributed by atoms with E-state index in [1.807, 2.05) is 0 Å². The summed E-state index contributed by atoms with van der Waals surface area (Å²) in [6, 6.07) is 11.5. The SMILES string of the molecule is COC(=O)c1cc(NC(=O)Cn2c(CS(C)(=O)=O)nc3ccccc32)ccc1Cl. The Labute approximate surface area is 172 Å². The van der Waals surface area contributed by atoms with Crippen LogP contribution in [0.15, 0.2) is 42.5 Å². The van der Waals surface area contributed by atoms with Gasteiger partial charge in [-0.2, -0.15) is 0 Å². The molecule has 1 N–H and O–H groups in total. The normalized spacial score (nSPS) is 11.4. The molecule has 0 fully saturated rings. The number of carbonyl (C=O) groups is 2. The number of halogens is 1. The Hall–Kier alpha value is -2.91. The number of hydrogen-bond acceptors (Lipinski definition) is 6. The summed E-state index contributed by atoms with van der Waals surface area (Å²) in [7, 11) is -2.11. The van der Waals surface area contributed by atoms with Gasteiger partial charge in [0.2, 0.25) is 5.91 Å². The highest BCUT2D eigenvalue weighted by molar-refractivity contribution is 7.89. The fourth-order valence-electron chi connectivity index (χ4n) is 2.86. The van der Waals surface area contributed by atoms with Crippen molar-refractivity contribution in [1.82, 2.24) is 9.55 Å². The Kier molecular flexibility index (Phi) is 5.90. The molecule has 0 spiro atoms. The summed E-state index contributed by atoms with van der Waals surface area (Å²) in [6.07, 6.45) is 1.11. The van der Waals surface area contributed by atoms with Crippen LogP contribution in [0.25, 0.3) is 11.0 Å². The predicted molar refractivity (Wildman–Crippen MR) is 110 cm³/mol. The third-order valence-electron chi connectivity index (χ3n) is 4.08. The van der Waals surface area contributed by atoms with Crippen molar-refractivity contribution in [3.05, 3.63) is 58.9 Å². The van der Waals surface area contributed by atoms with Crippen LogP contribution in [-0.2, 0) is 31.7 Å². The molecule has 1 amide bonds. The Morgan fingerprint density at radius 2 is 1.93 bits per heavy atom. The van der Waals surface area contributed by atoms with Crippen molar-refractivity contribution in [3.8, 4) is 0 Å². The summed E-state index contributed by atoms with van der Waals surface area (Å²) in [5, 5.41) is 2.88. The van der Waals surface area contributed by atoms with E-state index in [1.54, 1.807) is 34.9 Å². The minimum atomic E-state index is -3.35. The van der Waals surface area contributed by atoms with Gasteiger partial charge in [-0.25, -0.2) is 18.2 Å². The quantitative estimate of drug-likeness (QED) is 0.596. The third kappa shape index (κ3) is 4.93. The van der Waals surface area contributed by atoms with Crippen LogP contribution < -0.4 is 5.32 Å². The monoisotopic (exact) mass is 435 g/mol. The number of benzene rings is 2. The van der Waals surface area contributed by atoms with Crippen LogP contribution in [0, 0.1) is 0 Å². The highest BCUT2D eigenvalue weighted by Crippen LogP contribution is 2.22. The summed E-state index contributed by atoms with van der Waals surface area (Å²) in [5.74, 6) is -1.05. The number of hydrogen-bond donors (Lipinski definition) is 1. The largest absolute Gasteiger partial charge is 0.465 e. The van der Waals surface area contributed by atoms with Crippen molar-refractivity contribution in [1.29, 1.82) is 0 Å². The Balaban J connectivity index is 1.89. The second kappa shape index (κ2) is 8.22. The van der Waals surface area contributed by atoms with Gasteiger partial charge in [-0.3, -0.25) is 4.79 Å². The van der Waals surface area contributed by atoms with Crippen LogP contribution in [0.1, 0.15) is 16.2 Å². The number of anilines is 1. The van der Waals surface area contributed by atoms with Gasteiger partial charge in [-0.15, -0.1) is 0 Å². The first kappa shape index (κ1) is 20.8. The zero-order chi connectivity index (χ0) is 21.2. The van der Waals surface area contributed by atoms with Crippen LogP contribution in [0.2, 0.25) is 5.02 Å². The van der Waals surface area contributed by atoms with Crippen molar-refractivity contribution in [2.45, 2.75) is 12.3 Å². The van der Waals surface area contributed by atoms with E-state index in [9.17, 15) is 18.0 Å². The molecule has 3 rings (SSSR count). The van der Waals surface area contributed by atoms with E-state index in [0.29, 0.717) is 16.7 Å². The zero-order valence-corrected chi connectivity index (χ0v) is 17.2. The van der Waals surface area contributed by atoms with E-state index in [-0.39, 0.29) is 28.7 Å². The molecule has 2 aromatic carbocycles. The zero-order valence-electron chi connectivity index (χ0n) is 15.7.